The molecule has 6 unspecified atom stereocenters. The van der Waals surface area contributed by atoms with Crippen molar-refractivity contribution in [2.45, 2.75) is 145 Å². The molecule has 4 radical (unpaired) electrons. The van der Waals surface area contributed by atoms with Crippen LogP contribution in [0.15, 0.2) is 286 Å². The molecule has 0 aliphatic carbocycles. The van der Waals surface area contributed by atoms with Gasteiger partial charge in [0.1, 0.15) is 5.82 Å². The fraction of sp³-hybridized carbons (Fsp3) is 0.188. The molecule has 22 rings (SSSR count). The standard InChI is InChI=1S/C25H19N2.C24H17N2.C23H15N2.C22H9F4N2.C8H4F3N4.3C5H12O2.4Ir/c1-3-17-13-14-20-19-11-7-8-12-21(19)24-25(23(20)16(17)2)27-22(15-26-24)18-9-5-4-6-10-18;1-15-12-16(2)22-18-10-6-7-11-19(18)23-24(20(22)13-15)26-21(14-25-23)17-8-4-3-5-9-17;1-15-11-12-18-17-9-5-6-10-19(17)22-23(20(18)13-15)25-21(14-24-22)16-7-3-2-4-8-16;23-17-15-12-8-4-5-9-13(12)21-22(16(15)18(24)20(26)19(17)25)28-14(10-27-21)11-6-2-1-3-7-11;9-8(10,11)7-13-6(14-15-7)5-3-1-2-4-12-5;3*1-4(6)3-5(2)7;;;;/h4-11,13-15H,3H2,1-2H3;3-10,12-14H,1-2H3;2-9,11-14H,1H3;1-8,10H;1-4H;3*4-7H,3H2,1-2H3;;;;/q5*-1;;;;;;;. The van der Waals surface area contributed by atoms with Gasteiger partial charge < -0.3 is 60.7 Å². The van der Waals surface area contributed by atoms with Gasteiger partial charge in [-0.25, -0.2) is 17.6 Å². The second-order valence-electron chi connectivity index (χ2n) is 34.8. The van der Waals surface area contributed by atoms with E-state index in [0.717, 1.165) is 100 Å². The van der Waals surface area contributed by atoms with E-state index in [4.69, 9.17) is 60.5 Å². The van der Waals surface area contributed by atoms with Crippen molar-refractivity contribution in [2.75, 3.05) is 0 Å². The number of benzene rings is 16. The van der Waals surface area contributed by atoms with E-state index in [2.05, 4.69) is 186 Å². The van der Waals surface area contributed by atoms with Crippen molar-refractivity contribution in [2.24, 2.45) is 0 Å². The Hall–Kier alpha value is -12.9. The third-order valence-corrected chi connectivity index (χ3v) is 23.4. The fourth-order valence-electron chi connectivity index (χ4n) is 17.2. The summed E-state index contributed by atoms with van der Waals surface area (Å²) in [7, 11) is 0. The first-order valence-electron chi connectivity index (χ1n) is 46.3. The van der Waals surface area contributed by atoms with E-state index in [1.807, 2.05) is 116 Å². The van der Waals surface area contributed by atoms with Gasteiger partial charge in [-0.3, -0.25) is 30.0 Å². The van der Waals surface area contributed by atoms with E-state index in [1.54, 1.807) is 90.1 Å². The van der Waals surface area contributed by atoms with Crippen LogP contribution in [0.2, 0.25) is 0 Å². The number of rotatable bonds is 12. The molecule has 6 N–H and O–H groups in total. The van der Waals surface area contributed by atoms with E-state index < -0.39 is 40.7 Å². The number of pyridine rings is 1. The van der Waals surface area contributed by atoms with Crippen LogP contribution in [0.3, 0.4) is 0 Å². The van der Waals surface area contributed by atoms with Crippen molar-refractivity contribution in [1.29, 1.82) is 0 Å². The zero-order valence-electron chi connectivity index (χ0n) is 81.0. The largest absolute Gasteiger partial charge is 0.429 e. The molecule has 22 aromatic rings. The predicted octanol–water partition coefficient (Wildman–Crippen LogP) is 25.9. The van der Waals surface area contributed by atoms with Gasteiger partial charge in [-0.05, 0) is 151 Å². The number of aryl methyl sites for hydroxylation is 5. The van der Waals surface area contributed by atoms with Gasteiger partial charge in [0.15, 0.2) is 23.3 Å². The second kappa shape index (κ2) is 51.4. The Morgan fingerprint density at radius 2 is 0.671 bits per heavy atom. The van der Waals surface area contributed by atoms with Gasteiger partial charge in [0.05, 0.1) is 87.2 Å². The van der Waals surface area contributed by atoms with Gasteiger partial charge in [-0.2, -0.15) is 13.2 Å². The average Bonchev–Trinajstić information content (AvgIpc) is 0.729. The Labute approximate surface area is 893 Å². The third kappa shape index (κ3) is 26.4. The second-order valence-corrected chi connectivity index (χ2v) is 34.8. The molecule has 16 aromatic carbocycles. The number of halogens is 7. The number of aromatic nitrogens is 12. The molecule has 6 heterocycles. The van der Waals surface area contributed by atoms with Crippen molar-refractivity contribution < 1.29 is 142 Å². The zero-order valence-corrected chi connectivity index (χ0v) is 90.5. The maximum absolute atomic E-state index is 14.8. The number of aliphatic hydroxyl groups is 6. The number of hydrogen-bond acceptors (Lipinski definition) is 17. The van der Waals surface area contributed by atoms with E-state index in [9.17, 15) is 30.7 Å². The molecule has 0 bridgehead atoms. The van der Waals surface area contributed by atoms with Gasteiger partial charge in [-0.1, -0.05) is 226 Å². The summed E-state index contributed by atoms with van der Waals surface area (Å²) in [4.78, 5) is 45.3. The molecule has 0 fully saturated rings. The predicted molar refractivity (Wildman–Crippen MR) is 551 cm³/mol. The van der Waals surface area contributed by atoms with Crippen LogP contribution in [0.1, 0.15) is 101 Å². The number of fused-ring (bicyclic) bond motifs is 24. The SMILES string of the molecule is CC(O)CC(C)O.CC(O)CC(C)O.CC(O)CC(C)O.CCc1ccc2c3ccc[c-]c3c3ncc(-c4ccccc4)nc3c2c1C.Cc1cc(C)c2c3ccc[c-]c3c3ncc(-c4ccccc4)nc3c2c1.Cc1ccc2c3ccc[c-]c3c3ncc(-c4ccccc4)nc3c2c1.FC(F)(F)c1n[n-]c(-c2ccccn2)n1.Fc1c(F)c(F)c2c3nc(-c4ccccc4)cnc3c3[c-]cccc3c2c1F.[Ir].[Ir].[Ir].[Ir]. The summed E-state index contributed by atoms with van der Waals surface area (Å²) in [5.74, 6) is -8.07. The summed E-state index contributed by atoms with van der Waals surface area (Å²) >= 11 is 0. The number of nitrogens with zero attached hydrogens (tertiary/aromatic N) is 12. The molecular weight excluding hydrogens is 2570 g/mol. The minimum Gasteiger partial charge on any atom is -0.413 e. The molecule has 0 aliphatic heterocycles. The smallest absolute Gasteiger partial charge is 0.413 e. The Morgan fingerprint density at radius 3 is 1.06 bits per heavy atom. The molecule has 6 aromatic heterocycles. The van der Waals surface area contributed by atoms with Crippen molar-refractivity contribution in [3.8, 4) is 56.5 Å². The molecule has 18 nitrogen and oxygen atoms in total. The Kier molecular flexibility index (Phi) is 40.0. The molecule has 6 atom stereocenters. The maximum Gasteiger partial charge on any atom is 0.429 e. The summed E-state index contributed by atoms with van der Waals surface area (Å²) in [6.07, 6.45) is 4.15. The van der Waals surface area contributed by atoms with Gasteiger partial charge in [0.25, 0.3) is 0 Å². The van der Waals surface area contributed by atoms with Gasteiger partial charge in [0.2, 0.25) is 0 Å². The summed E-state index contributed by atoms with van der Waals surface area (Å²) in [6, 6.07) is 95.9. The van der Waals surface area contributed by atoms with Crippen LogP contribution in [0.5, 0.6) is 0 Å². The first kappa shape index (κ1) is 113. The Morgan fingerprint density at radius 1 is 0.315 bits per heavy atom. The van der Waals surface area contributed by atoms with Crippen LogP contribution in [0.4, 0.5) is 30.7 Å². The van der Waals surface area contributed by atoms with Crippen LogP contribution in [0, 0.1) is 75.2 Å². The number of alkyl halides is 3. The summed E-state index contributed by atoms with van der Waals surface area (Å²) < 4.78 is 93.8. The first-order chi connectivity index (χ1) is 68.3. The minimum absolute atomic E-state index is 0. The molecule has 29 heteroatoms. The van der Waals surface area contributed by atoms with E-state index in [1.165, 1.54) is 90.0 Å². The molecule has 0 aliphatic rings. The normalized spacial score (nSPS) is 12.2. The van der Waals surface area contributed by atoms with Crippen molar-refractivity contribution >= 4 is 130 Å². The number of hydrogen-bond donors (Lipinski definition) is 6. The zero-order chi connectivity index (χ0) is 101. The van der Waals surface area contributed by atoms with Crippen LogP contribution in [-0.4, -0.2) is 122 Å². The molecule has 754 valence electrons. The fourth-order valence-corrected chi connectivity index (χ4v) is 17.2. The maximum atomic E-state index is 14.8. The third-order valence-electron chi connectivity index (χ3n) is 23.4. The van der Waals surface area contributed by atoms with Crippen molar-refractivity contribution in [1.82, 2.24) is 60.0 Å². The van der Waals surface area contributed by atoms with Crippen LogP contribution in [0.25, 0.3) is 187 Å². The Bertz CT molecular complexity index is 8210. The van der Waals surface area contributed by atoms with Crippen LogP contribution < -0.4 is 5.10 Å². The molecule has 146 heavy (non-hydrogen) atoms. The summed E-state index contributed by atoms with van der Waals surface area (Å²) in [6.45, 7) is 20.8. The van der Waals surface area contributed by atoms with Gasteiger partial charge >= 0.3 is 6.18 Å². The van der Waals surface area contributed by atoms with E-state index in [0.29, 0.717) is 35.9 Å². The minimum atomic E-state index is -4.57. The topological polar surface area (TPSA) is 277 Å². The first-order valence-corrected chi connectivity index (χ1v) is 46.3. The van der Waals surface area contributed by atoms with Crippen molar-refractivity contribution in [3.05, 3.63) is 367 Å². The molecule has 0 saturated carbocycles. The quantitative estimate of drug-likeness (QED) is 0.0218. The van der Waals surface area contributed by atoms with Gasteiger partial charge in [0, 0.05) is 161 Å². The molecule has 0 spiro atoms. The molecular formula is C117H100F7Ir4N12O6-5. The summed E-state index contributed by atoms with van der Waals surface area (Å²) in [5, 5.41) is 71.2. The van der Waals surface area contributed by atoms with Crippen LogP contribution >= 0.6 is 0 Å². The molecule has 0 amide bonds. The average molecular weight is 2670 g/mol. The Balaban J connectivity index is 0.000000165. The monoisotopic (exact) mass is 2670 g/mol. The summed E-state index contributed by atoms with van der Waals surface area (Å²) in [5.41, 5.74) is 19.5. The van der Waals surface area contributed by atoms with E-state index in [-0.39, 0.29) is 150 Å². The van der Waals surface area contributed by atoms with Crippen molar-refractivity contribution in [3.63, 3.8) is 0 Å². The van der Waals surface area contributed by atoms with Crippen LogP contribution in [-0.2, 0) is 93.0 Å². The molecule has 0 saturated heterocycles. The number of aliphatic hydroxyl groups excluding tert-OH is 6. The van der Waals surface area contributed by atoms with E-state index >= 15 is 0 Å². The van der Waals surface area contributed by atoms with Gasteiger partial charge in [-0.15, -0.1) is 119 Å².